The Bertz CT molecular complexity index is 892. The molecule has 1 aliphatic rings. The lowest BCUT2D eigenvalue weighted by atomic mass is 10.0. The van der Waals surface area contributed by atoms with Gasteiger partial charge in [0.15, 0.2) is 0 Å². The minimum Gasteiger partial charge on any atom is -0.508 e. The minimum atomic E-state index is 0.304. The van der Waals surface area contributed by atoms with E-state index in [0.29, 0.717) is 12.3 Å². The predicted molar refractivity (Wildman–Crippen MR) is 96.3 cm³/mol. The van der Waals surface area contributed by atoms with Crippen LogP contribution in [-0.4, -0.2) is 15.8 Å². The monoisotopic (exact) mass is 322 g/mol. The second-order valence-electron chi connectivity index (χ2n) is 5.87. The molecule has 3 nitrogen and oxygen atoms in total. The third kappa shape index (κ3) is 2.63. The molecule has 116 valence electrons. The SMILES string of the molecule is Cc1cnc2ccc3c(c2c1NCc1cccc(O)c1)CCS3. The molecule has 0 saturated carbocycles. The van der Waals surface area contributed by atoms with Crippen LogP contribution in [0.5, 0.6) is 5.75 Å². The third-order valence-electron chi connectivity index (χ3n) is 4.28. The number of nitrogens with zero attached hydrogens (tertiary/aromatic N) is 1. The molecule has 4 heteroatoms. The molecule has 0 aliphatic carbocycles. The second kappa shape index (κ2) is 5.78. The fourth-order valence-electron chi connectivity index (χ4n) is 3.16. The number of phenolic OH excluding ortho intramolecular Hbond substituents is 1. The molecule has 2 aromatic carbocycles. The number of hydrogen-bond donors (Lipinski definition) is 2. The summed E-state index contributed by atoms with van der Waals surface area (Å²) >= 11 is 1.93. The highest BCUT2D eigenvalue weighted by atomic mass is 32.2. The van der Waals surface area contributed by atoms with Gasteiger partial charge in [-0.2, -0.15) is 0 Å². The number of aromatic nitrogens is 1. The van der Waals surface area contributed by atoms with Crippen LogP contribution in [0.4, 0.5) is 5.69 Å². The number of phenols is 1. The molecular formula is C19H18N2OS. The fourth-order valence-corrected chi connectivity index (χ4v) is 4.23. The largest absolute Gasteiger partial charge is 0.508 e. The Hall–Kier alpha value is -2.20. The standard InChI is InChI=1S/C19H18N2OS/c1-12-10-20-16-5-6-17-15(7-8-23-17)18(16)19(12)21-11-13-3-2-4-14(22)9-13/h2-6,9-10,22H,7-8,11H2,1H3,(H,20,21). The molecule has 0 radical (unpaired) electrons. The van der Waals surface area contributed by atoms with Gasteiger partial charge in [-0.1, -0.05) is 12.1 Å². The number of anilines is 1. The molecule has 0 atom stereocenters. The van der Waals surface area contributed by atoms with Crippen LogP contribution in [0.25, 0.3) is 10.9 Å². The van der Waals surface area contributed by atoms with E-state index in [-0.39, 0.29) is 0 Å². The van der Waals surface area contributed by atoms with Crippen LogP contribution in [0.1, 0.15) is 16.7 Å². The molecule has 0 fully saturated rings. The lowest BCUT2D eigenvalue weighted by molar-refractivity contribution is 0.474. The first kappa shape index (κ1) is 14.4. The molecule has 0 unspecified atom stereocenters. The van der Waals surface area contributed by atoms with Gasteiger partial charge in [0.05, 0.1) is 5.52 Å². The lowest BCUT2D eigenvalue weighted by Gasteiger charge is -2.15. The number of aryl methyl sites for hydroxylation is 2. The number of pyridine rings is 1. The Morgan fingerprint density at radius 1 is 1.26 bits per heavy atom. The van der Waals surface area contributed by atoms with Crippen LogP contribution in [0.2, 0.25) is 0 Å². The first-order valence-electron chi connectivity index (χ1n) is 7.78. The van der Waals surface area contributed by atoms with Crippen LogP contribution < -0.4 is 5.32 Å². The maximum Gasteiger partial charge on any atom is 0.115 e. The highest BCUT2D eigenvalue weighted by molar-refractivity contribution is 7.99. The van der Waals surface area contributed by atoms with Gasteiger partial charge < -0.3 is 10.4 Å². The van der Waals surface area contributed by atoms with Gasteiger partial charge >= 0.3 is 0 Å². The van der Waals surface area contributed by atoms with Gasteiger partial charge in [0.1, 0.15) is 5.75 Å². The summed E-state index contributed by atoms with van der Waals surface area (Å²) in [4.78, 5) is 5.98. The fraction of sp³-hybridized carbons (Fsp3) is 0.211. The molecular weight excluding hydrogens is 304 g/mol. The van der Waals surface area contributed by atoms with Crippen molar-refractivity contribution < 1.29 is 5.11 Å². The van der Waals surface area contributed by atoms with Crippen LogP contribution in [0, 0.1) is 6.92 Å². The summed E-state index contributed by atoms with van der Waals surface area (Å²) in [6.07, 6.45) is 3.03. The van der Waals surface area contributed by atoms with Crippen LogP contribution in [0.15, 0.2) is 47.5 Å². The summed E-state index contributed by atoms with van der Waals surface area (Å²) < 4.78 is 0. The number of nitrogens with one attached hydrogen (secondary N) is 1. The summed E-state index contributed by atoms with van der Waals surface area (Å²) in [7, 11) is 0. The molecule has 3 aromatic rings. The first-order chi connectivity index (χ1) is 11.2. The maximum atomic E-state index is 9.62. The zero-order chi connectivity index (χ0) is 15.8. The topological polar surface area (TPSA) is 45.2 Å². The normalized spacial score (nSPS) is 13.3. The molecule has 0 bridgehead atoms. The molecule has 0 amide bonds. The molecule has 23 heavy (non-hydrogen) atoms. The Balaban J connectivity index is 1.77. The van der Waals surface area contributed by atoms with E-state index < -0.39 is 0 Å². The molecule has 0 saturated heterocycles. The average Bonchev–Trinajstić information content (AvgIpc) is 3.02. The van der Waals surface area contributed by atoms with Crippen LogP contribution in [-0.2, 0) is 13.0 Å². The number of aromatic hydroxyl groups is 1. The van der Waals surface area contributed by atoms with Crippen molar-refractivity contribution in [2.24, 2.45) is 0 Å². The lowest BCUT2D eigenvalue weighted by Crippen LogP contribution is -2.04. The summed E-state index contributed by atoms with van der Waals surface area (Å²) in [5, 5.41) is 14.4. The summed E-state index contributed by atoms with van der Waals surface area (Å²) in [5.74, 6) is 1.45. The molecule has 0 spiro atoms. The van der Waals surface area contributed by atoms with E-state index >= 15 is 0 Å². The summed E-state index contributed by atoms with van der Waals surface area (Å²) in [6, 6.07) is 11.7. The molecule has 1 aliphatic heterocycles. The quantitative estimate of drug-likeness (QED) is 0.745. The van der Waals surface area contributed by atoms with Gasteiger partial charge in [-0.15, -0.1) is 11.8 Å². The van der Waals surface area contributed by atoms with E-state index in [0.717, 1.165) is 34.5 Å². The van der Waals surface area contributed by atoms with Gasteiger partial charge in [-0.05, 0) is 54.3 Å². The van der Waals surface area contributed by atoms with Crippen molar-refractivity contribution in [3.05, 3.63) is 59.3 Å². The zero-order valence-electron chi connectivity index (χ0n) is 13.0. The second-order valence-corrected chi connectivity index (χ2v) is 7.01. The molecule has 2 N–H and O–H groups in total. The summed E-state index contributed by atoms with van der Waals surface area (Å²) in [5.41, 5.74) is 5.86. The molecule has 2 heterocycles. The van der Waals surface area contributed by atoms with E-state index in [1.54, 1.807) is 12.1 Å². The zero-order valence-corrected chi connectivity index (χ0v) is 13.8. The van der Waals surface area contributed by atoms with Gasteiger partial charge in [0.2, 0.25) is 0 Å². The number of benzene rings is 2. The smallest absolute Gasteiger partial charge is 0.115 e. The van der Waals surface area contributed by atoms with Crippen molar-refractivity contribution >= 4 is 28.4 Å². The maximum absolute atomic E-state index is 9.62. The van der Waals surface area contributed by atoms with Crippen LogP contribution >= 0.6 is 11.8 Å². The van der Waals surface area contributed by atoms with E-state index in [2.05, 4.69) is 29.4 Å². The van der Waals surface area contributed by atoms with Gasteiger partial charge in [-0.25, -0.2) is 0 Å². The van der Waals surface area contributed by atoms with E-state index in [1.807, 2.05) is 30.1 Å². The Morgan fingerprint density at radius 2 is 2.17 bits per heavy atom. The average molecular weight is 322 g/mol. The van der Waals surface area contributed by atoms with E-state index in [9.17, 15) is 5.11 Å². The Morgan fingerprint density at radius 3 is 3.04 bits per heavy atom. The van der Waals surface area contributed by atoms with Gasteiger partial charge in [0, 0.05) is 34.5 Å². The summed E-state index contributed by atoms with van der Waals surface area (Å²) in [6.45, 7) is 2.78. The molecule has 4 rings (SSSR count). The Kier molecular flexibility index (Phi) is 3.62. The number of hydrogen-bond acceptors (Lipinski definition) is 4. The Labute approximate surface area is 139 Å². The van der Waals surface area contributed by atoms with E-state index in [1.165, 1.54) is 15.8 Å². The van der Waals surface area contributed by atoms with Crippen molar-refractivity contribution in [3.63, 3.8) is 0 Å². The minimum absolute atomic E-state index is 0.304. The highest BCUT2D eigenvalue weighted by Crippen LogP contribution is 2.39. The predicted octanol–water partition coefficient (Wildman–Crippen LogP) is 4.51. The number of rotatable bonds is 3. The van der Waals surface area contributed by atoms with Crippen molar-refractivity contribution in [3.8, 4) is 5.75 Å². The van der Waals surface area contributed by atoms with Crippen molar-refractivity contribution in [1.29, 1.82) is 0 Å². The van der Waals surface area contributed by atoms with E-state index in [4.69, 9.17) is 0 Å². The van der Waals surface area contributed by atoms with Crippen molar-refractivity contribution in [2.75, 3.05) is 11.1 Å². The van der Waals surface area contributed by atoms with Gasteiger partial charge in [-0.3, -0.25) is 4.98 Å². The number of fused-ring (bicyclic) bond motifs is 3. The van der Waals surface area contributed by atoms with Crippen molar-refractivity contribution in [2.45, 2.75) is 24.8 Å². The van der Waals surface area contributed by atoms with Crippen molar-refractivity contribution in [1.82, 2.24) is 4.98 Å². The number of thioether (sulfide) groups is 1. The van der Waals surface area contributed by atoms with Crippen LogP contribution in [0.3, 0.4) is 0 Å². The third-order valence-corrected chi connectivity index (χ3v) is 5.38. The molecule has 1 aromatic heterocycles. The first-order valence-corrected chi connectivity index (χ1v) is 8.77. The highest BCUT2D eigenvalue weighted by Gasteiger charge is 2.18. The van der Waals surface area contributed by atoms with Gasteiger partial charge in [0.25, 0.3) is 0 Å².